The molecular weight excluding hydrogens is 271 g/mol. The normalized spacial score (nSPS) is 22.6. The maximum absolute atomic E-state index is 12.6. The first-order valence-electron chi connectivity index (χ1n) is 6.47. The van der Waals surface area contributed by atoms with Crippen molar-refractivity contribution < 1.29 is 17.9 Å². The van der Waals surface area contributed by atoms with E-state index in [9.17, 15) is 13.2 Å². The number of alkyl halides is 3. The molecule has 0 saturated carbocycles. The van der Waals surface area contributed by atoms with Gasteiger partial charge in [-0.05, 0) is 26.1 Å². The SMILES string of the molecule is CC(Nc1cccc(C(F)(F)F)n1)C1CN(C)CCO1. The number of hydrogen-bond acceptors (Lipinski definition) is 4. The summed E-state index contributed by atoms with van der Waals surface area (Å²) in [5.74, 6) is 0.212. The fourth-order valence-electron chi connectivity index (χ4n) is 2.11. The molecule has 2 heterocycles. The molecule has 1 aliphatic rings. The van der Waals surface area contributed by atoms with Gasteiger partial charge in [0.2, 0.25) is 0 Å². The number of anilines is 1. The van der Waals surface area contributed by atoms with Crippen LogP contribution in [0, 0.1) is 0 Å². The van der Waals surface area contributed by atoms with Gasteiger partial charge in [0.1, 0.15) is 11.5 Å². The Labute approximate surface area is 115 Å². The molecule has 1 aromatic heterocycles. The zero-order valence-corrected chi connectivity index (χ0v) is 11.4. The zero-order chi connectivity index (χ0) is 14.8. The van der Waals surface area contributed by atoms with Crippen LogP contribution in [0.15, 0.2) is 18.2 Å². The number of morpholine rings is 1. The number of hydrogen-bond donors (Lipinski definition) is 1. The van der Waals surface area contributed by atoms with Gasteiger partial charge in [-0.25, -0.2) is 4.98 Å². The van der Waals surface area contributed by atoms with Gasteiger partial charge in [-0.3, -0.25) is 0 Å². The number of nitrogens with zero attached hydrogens (tertiary/aromatic N) is 2. The molecular formula is C13H18F3N3O. The highest BCUT2D eigenvalue weighted by Gasteiger charge is 2.32. The van der Waals surface area contributed by atoms with Gasteiger partial charge in [-0.15, -0.1) is 0 Å². The molecule has 0 radical (unpaired) electrons. The molecule has 1 fully saturated rings. The molecule has 1 aromatic rings. The number of pyridine rings is 1. The van der Waals surface area contributed by atoms with Gasteiger partial charge in [0.25, 0.3) is 0 Å². The largest absolute Gasteiger partial charge is 0.433 e. The molecule has 0 spiro atoms. The van der Waals surface area contributed by atoms with Crippen molar-refractivity contribution in [3.05, 3.63) is 23.9 Å². The number of halogens is 3. The molecule has 112 valence electrons. The molecule has 2 atom stereocenters. The monoisotopic (exact) mass is 289 g/mol. The highest BCUT2D eigenvalue weighted by Crippen LogP contribution is 2.28. The van der Waals surface area contributed by atoms with Crippen molar-refractivity contribution in [1.82, 2.24) is 9.88 Å². The standard InChI is InChI=1S/C13H18F3N3O/c1-9(10-8-19(2)6-7-20-10)17-12-5-3-4-11(18-12)13(14,15)16/h3-5,9-10H,6-8H2,1-2H3,(H,17,18). The van der Waals surface area contributed by atoms with Crippen LogP contribution >= 0.6 is 0 Å². The van der Waals surface area contributed by atoms with Crippen LogP contribution in [0.1, 0.15) is 12.6 Å². The third-order valence-corrected chi connectivity index (χ3v) is 3.27. The van der Waals surface area contributed by atoms with E-state index in [2.05, 4.69) is 15.2 Å². The fraction of sp³-hybridized carbons (Fsp3) is 0.615. The number of ether oxygens (including phenoxy) is 1. The van der Waals surface area contributed by atoms with Gasteiger partial charge in [-0.1, -0.05) is 6.07 Å². The summed E-state index contributed by atoms with van der Waals surface area (Å²) in [5.41, 5.74) is -0.892. The molecule has 1 N–H and O–H groups in total. The van der Waals surface area contributed by atoms with E-state index >= 15 is 0 Å². The minimum atomic E-state index is -4.43. The lowest BCUT2D eigenvalue weighted by Crippen LogP contribution is -2.47. The van der Waals surface area contributed by atoms with Crippen LogP contribution in [-0.4, -0.2) is 48.8 Å². The van der Waals surface area contributed by atoms with Crippen LogP contribution in [0.5, 0.6) is 0 Å². The highest BCUT2D eigenvalue weighted by molar-refractivity contribution is 5.37. The molecule has 2 unspecified atom stereocenters. The zero-order valence-electron chi connectivity index (χ0n) is 11.4. The summed E-state index contributed by atoms with van der Waals surface area (Å²) in [4.78, 5) is 5.72. The van der Waals surface area contributed by atoms with Crippen LogP contribution in [0.25, 0.3) is 0 Å². The first-order valence-corrected chi connectivity index (χ1v) is 6.47. The molecule has 1 saturated heterocycles. The van der Waals surface area contributed by atoms with E-state index in [4.69, 9.17) is 4.74 Å². The van der Waals surface area contributed by atoms with Gasteiger partial charge in [-0.2, -0.15) is 13.2 Å². The van der Waals surface area contributed by atoms with Crippen molar-refractivity contribution in [3.8, 4) is 0 Å². The summed E-state index contributed by atoms with van der Waals surface area (Å²) in [6, 6.07) is 3.71. The average molecular weight is 289 g/mol. The Morgan fingerprint density at radius 1 is 1.45 bits per heavy atom. The smallest absolute Gasteiger partial charge is 0.373 e. The Morgan fingerprint density at radius 2 is 2.20 bits per heavy atom. The van der Waals surface area contributed by atoms with E-state index in [1.54, 1.807) is 0 Å². The maximum Gasteiger partial charge on any atom is 0.433 e. The average Bonchev–Trinajstić information content (AvgIpc) is 2.38. The third-order valence-electron chi connectivity index (χ3n) is 3.27. The Kier molecular flexibility index (Phi) is 4.49. The van der Waals surface area contributed by atoms with E-state index in [0.29, 0.717) is 6.61 Å². The van der Waals surface area contributed by atoms with Crippen molar-refractivity contribution in [2.45, 2.75) is 25.2 Å². The number of rotatable bonds is 3. The second-order valence-electron chi connectivity index (χ2n) is 5.01. The lowest BCUT2D eigenvalue weighted by Gasteiger charge is -2.34. The van der Waals surface area contributed by atoms with Crippen molar-refractivity contribution in [2.75, 3.05) is 32.1 Å². The first kappa shape index (κ1) is 15.1. The van der Waals surface area contributed by atoms with E-state index in [1.807, 2.05) is 14.0 Å². The van der Waals surface area contributed by atoms with Crippen molar-refractivity contribution in [3.63, 3.8) is 0 Å². The third kappa shape index (κ3) is 3.83. The summed E-state index contributed by atoms with van der Waals surface area (Å²) < 4.78 is 43.4. The summed E-state index contributed by atoms with van der Waals surface area (Å²) in [6.07, 6.45) is -4.49. The quantitative estimate of drug-likeness (QED) is 0.926. The van der Waals surface area contributed by atoms with Crippen molar-refractivity contribution >= 4 is 5.82 Å². The van der Waals surface area contributed by atoms with Gasteiger partial charge < -0.3 is 15.0 Å². The van der Waals surface area contributed by atoms with Crippen molar-refractivity contribution in [1.29, 1.82) is 0 Å². The Balaban J connectivity index is 2.02. The predicted molar refractivity (Wildman–Crippen MR) is 69.6 cm³/mol. The maximum atomic E-state index is 12.6. The minimum Gasteiger partial charge on any atom is -0.373 e. The second-order valence-corrected chi connectivity index (χ2v) is 5.01. The Hall–Kier alpha value is -1.34. The van der Waals surface area contributed by atoms with Crippen LogP contribution in [0.2, 0.25) is 0 Å². The summed E-state index contributed by atoms with van der Waals surface area (Å²) >= 11 is 0. The summed E-state index contributed by atoms with van der Waals surface area (Å²) in [5, 5.41) is 2.98. The van der Waals surface area contributed by atoms with Gasteiger partial charge in [0.15, 0.2) is 0 Å². The van der Waals surface area contributed by atoms with E-state index in [1.165, 1.54) is 12.1 Å². The Bertz CT molecular complexity index is 453. The number of likely N-dealkylation sites (N-methyl/N-ethyl adjacent to an activating group) is 1. The van der Waals surface area contributed by atoms with E-state index < -0.39 is 11.9 Å². The molecule has 20 heavy (non-hydrogen) atoms. The van der Waals surface area contributed by atoms with E-state index in [-0.39, 0.29) is 18.0 Å². The lowest BCUT2D eigenvalue weighted by molar-refractivity contribution is -0.141. The number of nitrogens with one attached hydrogen (secondary N) is 1. The number of aromatic nitrogens is 1. The summed E-state index contributed by atoms with van der Waals surface area (Å²) in [7, 11) is 1.99. The van der Waals surface area contributed by atoms with Crippen LogP contribution in [0.3, 0.4) is 0 Å². The first-order chi connectivity index (χ1) is 9.36. The topological polar surface area (TPSA) is 37.4 Å². The molecule has 0 aromatic carbocycles. The van der Waals surface area contributed by atoms with E-state index in [0.717, 1.165) is 19.2 Å². The lowest BCUT2D eigenvalue weighted by atomic mass is 10.1. The van der Waals surface area contributed by atoms with Crippen molar-refractivity contribution in [2.24, 2.45) is 0 Å². The van der Waals surface area contributed by atoms with Gasteiger partial charge in [0, 0.05) is 13.1 Å². The van der Waals surface area contributed by atoms with Crippen LogP contribution in [0.4, 0.5) is 19.0 Å². The molecule has 7 heteroatoms. The molecule has 0 bridgehead atoms. The molecule has 2 rings (SSSR count). The molecule has 4 nitrogen and oxygen atoms in total. The van der Waals surface area contributed by atoms with Gasteiger partial charge in [0.05, 0.1) is 18.8 Å². The molecule has 0 aliphatic carbocycles. The Morgan fingerprint density at radius 3 is 2.85 bits per heavy atom. The minimum absolute atomic E-state index is 0.0647. The second kappa shape index (κ2) is 5.97. The molecule has 1 aliphatic heterocycles. The van der Waals surface area contributed by atoms with Crippen LogP contribution < -0.4 is 5.32 Å². The molecule has 0 amide bonds. The fourth-order valence-corrected chi connectivity index (χ4v) is 2.11. The van der Waals surface area contributed by atoms with Crippen LogP contribution in [-0.2, 0) is 10.9 Å². The summed E-state index contributed by atoms with van der Waals surface area (Å²) in [6.45, 7) is 4.12. The highest BCUT2D eigenvalue weighted by atomic mass is 19.4. The van der Waals surface area contributed by atoms with Gasteiger partial charge >= 0.3 is 6.18 Å². The predicted octanol–water partition coefficient (Wildman–Crippen LogP) is 2.23.